The number of nitriles is 1. The number of hydrogen-bond acceptors (Lipinski definition) is 6. The molecule has 3 aromatic rings. The van der Waals surface area contributed by atoms with Crippen LogP contribution in [0.5, 0.6) is 0 Å². The van der Waals surface area contributed by atoms with Gasteiger partial charge in [0.1, 0.15) is 29.5 Å². The van der Waals surface area contributed by atoms with Crippen molar-refractivity contribution in [2.75, 3.05) is 29.4 Å². The number of carbonyl (C=O) groups is 3. The number of halogens is 5. The van der Waals surface area contributed by atoms with E-state index >= 15 is 0 Å². The Morgan fingerprint density at radius 1 is 1.15 bits per heavy atom. The molecule has 1 saturated carbocycles. The van der Waals surface area contributed by atoms with Crippen molar-refractivity contribution < 1.29 is 31.9 Å². The molecule has 1 aromatic heterocycles. The number of pyridine rings is 1. The Labute approximate surface area is 267 Å². The molecule has 1 aliphatic heterocycles. The largest absolute Gasteiger partial charge is 0.351 e. The monoisotopic (exact) mass is 656 g/mol. The number of aromatic nitrogens is 1. The molecule has 1 N–H and O–H groups in total. The third-order valence-electron chi connectivity index (χ3n) is 7.82. The highest BCUT2D eigenvalue weighted by atomic mass is 35.5. The summed E-state index contributed by atoms with van der Waals surface area (Å²) in [6.07, 6.45) is 0.670. The molecule has 46 heavy (non-hydrogen) atoms. The van der Waals surface area contributed by atoms with Gasteiger partial charge >= 0.3 is 0 Å². The Balaban J connectivity index is 1.67. The van der Waals surface area contributed by atoms with E-state index in [1.807, 2.05) is 13.0 Å². The molecular weight excluding hydrogens is 628 g/mol. The predicted molar refractivity (Wildman–Crippen MR) is 161 cm³/mol. The average Bonchev–Trinajstić information content (AvgIpc) is 2.98. The zero-order valence-corrected chi connectivity index (χ0v) is 25.4. The van der Waals surface area contributed by atoms with Crippen LogP contribution in [-0.2, 0) is 14.4 Å². The summed E-state index contributed by atoms with van der Waals surface area (Å²) in [6, 6.07) is 8.95. The van der Waals surface area contributed by atoms with E-state index in [0.29, 0.717) is 19.0 Å². The van der Waals surface area contributed by atoms with Crippen LogP contribution >= 0.6 is 11.6 Å². The lowest BCUT2D eigenvalue weighted by atomic mass is 9.87. The summed E-state index contributed by atoms with van der Waals surface area (Å²) in [5.74, 6) is -7.50. The molecule has 14 heteroatoms. The highest BCUT2D eigenvalue weighted by molar-refractivity contribution is 6.31. The maximum atomic E-state index is 14.9. The van der Waals surface area contributed by atoms with Crippen LogP contribution in [0.2, 0.25) is 5.02 Å². The molecule has 1 saturated heterocycles. The molecule has 1 aliphatic carbocycles. The number of nitrogens with one attached hydrogen (secondary N) is 1. The first kappa shape index (κ1) is 32.8. The van der Waals surface area contributed by atoms with E-state index < -0.39 is 66.2 Å². The molecule has 2 atom stereocenters. The number of alkyl halides is 2. The minimum Gasteiger partial charge on any atom is -0.351 e. The molecule has 5 rings (SSSR count). The van der Waals surface area contributed by atoms with Gasteiger partial charge in [0.05, 0.1) is 23.9 Å². The van der Waals surface area contributed by atoms with Crippen molar-refractivity contribution in [2.45, 2.75) is 50.2 Å². The van der Waals surface area contributed by atoms with E-state index in [2.05, 4.69) is 10.3 Å². The summed E-state index contributed by atoms with van der Waals surface area (Å²) in [6.45, 7) is 2.16. The number of benzene rings is 2. The molecule has 3 amide bonds. The Morgan fingerprint density at radius 3 is 2.48 bits per heavy atom. The van der Waals surface area contributed by atoms with Crippen LogP contribution in [0.25, 0.3) is 0 Å². The second-order valence-electron chi connectivity index (χ2n) is 11.3. The molecule has 2 aliphatic rings. The highest BCUT2D eigenvalue weighted by Gasteiger charge is 2.49. The van der Waals surface area contributed by atoms with Crippen molar-refractivity contribution in [3.05, 3.63) is 88.6 Å². The van der Waals surface area contributed by atoms with Crippen LogP contribution in [0.1, 0.15) is 43.4 Å². The lowest BCUT2D eigenvalue weighted by Gasteiger charge is -2.43. The molecule has 0 spiro atoms. The number of carbonyl (C=O) groups excluding carboxylic acids is 3. The summed E-state index contributed by atoms with van der Waals surface area (Å²) in [5.41, 5.74) is -0.163. The number of hydrogen-bond donors (Lipinski definition) is 1. The minimum absolute atomic E-state index is 0.0145. The van der Waals surface area contributed by atoms with Gasteiger partial charge in [-0.05, 0) is 43.3 Å². The summed E-state index contributed by atoms with van der Waals surface area (Å²) < 4.78 is 56.9. The molecule has 9 nitrogen and oxygen atoms in total. The van der Waals surface area contributed by atoms with Gasteiger partial charge in [-0.2, -0.15) is 5.26 Å². The van der Waals surface area contributed by atoms with Gasteiger partial charge in [0.15, 0.2) is 0 Å². The van der Waals surface area contributed by atoms with Crippen LogP contribution in [0.4, 0.5) is 29.1 Å². The minimum atomic E-state index is -2.98. The van der Waals surface area contributed by atoms with E-state index in [1.54, 1.807) is 11.0 Å². The second-order valence-corrected chi connectivity index (χ2v) is 11.7. The second kappa shape index (κ2) is 13.4. The summed E-state index contributed by atoms with van der Waals surface area (Å²) >= 11 is 6.52. The molecule has 0 unspecified atom stereocenters. The molecule has 240 valence electrons. The van der Waals surface area contributed by atoms with Crippen molar-refractivity contribution in [1.82, 2.24) is 15.2 Å². The fourth-order valence-electron chi connectivity index (χ4n) is 5.79. The quantitative estimate of drug-likeness (QED) is 0.325. The highest BCUT2D eigenvalue weighted by Crippen LogP contribution is 2.39. The van der Waals surface area contributed by atoms with Crippen molar-refractivity contribution in [3.63, 3.8) is 0 Å². The van der Waals surface area contributed by atoms with Gasteiger partial charge in [0, 0.05) is 48.3 Å². The topological polar surface area (TPSA) is 110 Å². The average molecular weight is 657 g/mol. The Morgan fingerprint density at radius 2 is 1.85 bits per heavy atom. The predicted octanol–water partition coefficient (Wildman–Crippen LogP) is 5.00. The van der Waals surface area contributed by atoms with Crippen LogP contribution in [-0.4, -0.2) is 65.2 Å². The van der Waals surface area contributed by atoms with Crippen LogP contribution < -0.4 is 15.1 Å². The summed E-state index contributed by atoms with van der Waals surface area (Å²) in [5, 5.41) is 12.0. The zero-order chi connectivity index (χ0) is 33.2. The summed E-state index contributed by atoms with van der Waals surface area (Å²) in [4.78, 5) is 50.4. The molecule has 2 aromatic carbocycles. The van der Waals surface area contributed by atoms with Crippen molar-refractivity contribution in [1.29, 1.82) is 5.26 Å². The lowest BCUT2D eigenvalue weighted by Crippen LogP contribution is -2.64. The van der Waals surface area contributed by atoms with E-state index in [1.165, 1.54) is 36.5 Å². The number of rotatable bonds is 9. The molecule has 2 heterocycles. The lowest BCUT2D eigenvalue weighted by molar-refractivity contribution is -0.133. The fourth-order valence-corrected chi connectivity index (χ4v) is 6.03. The maximum absolute atomic E-state index is 14.9. The fraction of sp³-hybridized carbons (Fsp3) is 0.344. The van der Waals surface area contributed by atoms with Gasteiger partial charge < -0.3 is 5.32 Å². The maximum Gasteiger partial charge on any atom is 0.252 e. The van der Waals surface area contributed by atoms with Crippen LogP contribution in [0.15, 0.2) is 60.8 Å². The number of piperazine rings is 1. The molecule has 0 bridgehead atoms. The molecular formula is C32H29ClF4N6O3. The van der Waals surface area contributed by atoms with Gasteiger partial charge in [0.25, 0.3) is 11.8 Å². The summed E-state index contributed by atoms with van der Waals surface area (Å²) in [7, 11) is 0. The van der Waals surface area contributed by atoms with Gasteiger partial charge in [0.2, 0.25) is 11.8 Å². The number of nitrogens with zero attached hydrogens (tertiary/aromatic N) is 5. The molecule has 0 radical (unpaired) electrons. The van der Waals surface area contributed by atoms with Crippen LogP contribution in [0, 0.1) is 23.0 Å². The van der Waals surface area contributed by atoms with Crippen molar-refractivity contribution in [2.24, 2.45) is 0 Å². The van der Waals surface area contributed by atoms with Crippen molar-refractivity contribution >= 4 is 40.8 Å². The SMILES string of the molecule is CCCN1CC(=O)N(c2cc(C#N)ccn2)[C@H](C(=O)N(c2cc(F)cc(F)c2)[C@H](C(=O)NC2CC(F)(F)C2)c2ccccc2Cl)C1. The van der Waals surface area contributed by atoms with Gasteiger partial charge in [-0.1, -0.05) is 36.7 Å². The smallest absolute Gasteiger partial charge is 0.252 e. The van der Waals surface area contributed by atoms with E-state index in [-0.39, 0.29) is 40.7 Å². The third-order valence-corrected chi connectivity index (χ3v) is 8.17. The first-order chi connectivity index (χ1) is 21.9. The number of amides is 3. The van der Waals surface area contributed by atoms with Gasteiger partial charge in [-0.15, -0.1) is 0 Å². The number of anilines is 2. The van der Waals surface area contributed by atoms with E-state index in [0.717, 1.165) is 21.9 Å². The Kier molecular flexibility index (Phi) is 9.60. The van der Waals surface area contributed by atoms with E-state index in [4.69, 9.17) is 11.6 Å². The Bertz CT molecular complexity index is 1670. The third kappa shape index (κ3) is 6.98. The van der Waals surface area contributed by atoms with Crippen LogP contribution in [0.3, 0.4) is 0 Å². The normalized spacial score (nSPS) is 18.8. The Hall–Kier alpha value is -4.54. The standard InChI is InChI=1S/C32H29ClF4N6O3/c1-2-9-41-17-26(43(28(44)18-41)27-10-19(16-38)7-8-39-27)31(46)42(23-12-20(34)11-21(35)13-23)29(24-5-3-4-6-25(24)33)30(45)40-22-14-32(36,37)15-22/h3-8,10-13,22,26,29H,2,9,14-15,17-18H2,1H3,(H,40,45)/t26-,29-/m0/s1. The molecule has 2 fully saturated rings. The van der Waals surface area contributed by atoms with Gasteiger partial charge in [-0.3, -0.25) is 29.1 Å². The van der Waals surface area contributed by atoms with Gasteiger partial charge in [-0.25, -0.2) is 22.5 Å². The van der Waals surface area contributed by atoms with Crippen molar-refractivity contribution in [3.8, 4) is 6.07 Å². The van der Waals surface area contributed by atoms with E-state index in [9.17, 15) is 37.2 Å². The first-order valence-corrected chi connectivity index (χ1v) is 14.9. The zero-order valence-electron chi connectivity index (χ0n) is 24.6. The first-order valence-electron chi connectivity index (χ1n) is 14.5.